The largest absolute Gasteiger partial charge is 0.464 e. The van der Waals surface area contributed by atoms with Gasteiger partial charge in [-0.1, -0.05) is 6.92 Å². The lowest BCUT2D eigenvalue weighted by atomic mass is 10.4. The maximum absolute atomic E-state index is 12.6. The predicted octanol–water partition coefficient (Wildman–Crippen LogP) is 1.01. The van der Waals surface area contributed by atoms with E-state index in [0.717, 1.165) is 13.0 Å². The summed E-state index contributed by atoms with van der Waals surface area (Å²) in [5, 5.41) is 0. The highest BCUT2D eigenvalue weighted by atomic mass is 32.2. The predicted molar refractivity (Wildman–Crippen MR) is 78.9 cm³/mol. The number of hydrogen-bond acceptors (Lipinski definition) is 5. The SMILES string of the molecule is CCN(CCCN(C)C)S(=O)(=O)c1cc(CN)oc1C. The van der Waals surface area contributed by atoms with Gasteiger partial charge in [-0.15, -0.1) is 0 Å². The Morgan fingerprint density at radius 2 is 1.95 bits per heavy atom. The van der Waals surface area contributed by atoms with Crippen LogP contribution >= 0.6 is 0 Å². The first-order chi connectivity index (χ1) is 9.32. The number of nitrogens with two attached hydrogens (primary N) is 1. The van der Waals surface area contributed by atoms with E-state index >= 15 is 0 Å². The molecular formula is C13H25N3O3S. The van der Waals surface area contributed by atoms with Crippen molar-refractivity contribution in [3.05, 3.63) is 17.6 Å². The summed E-state index contributed by atoms with van der Waals surface area (Å²) >= 11 is 0. The summed E-state index contributed by atoms with van der Waals surface area (Å²) in [6.07, 6.45) is 0.792. The van der Waals surface area contributed by atoms with Crippen LogP contribution in [0.3, 0.4) is 0 Å². The van der Waals surface area contributed by atoms with Crippen LogP contribution in [-0.2, 0) is 16.6 Å². The summed E-state index contributed by atoms with van der Waals surface area (Å²) in [5.74, 6) is 0.891. The fourth-order valence-corrected chi connectivity index (χ4v) is 3.70. The molecule has 1 rings (SSSR count). The molecule has 1 aromatic heterocycles. The third kappa shape index (κ3) is 4.05. The molecule has 0 aliphatic rings. The molecule has 0 aliphatic heterocycles. The lowest BCUT2D eigenvalue weighted by Crippen LogP contribution is -2.33. The molecule has 2 N–H and O–H groups in total. The fourth-order valence-electron chi connectivity index (χ4n) is 2.03. The minimum absolute atomic E-state index is 0.198. The fraction of sp³-hybridized carbons (Fsp3) is 0.692. The molecule has 116 valence electrons. The number of sulfonamides is 1. The molecule has 0 radical (unpaired) electrons. The van der Waals surface area contributed by atoms with Gasteiger partial charge in [-0.25, -0.2) is 8.42 Å². The molecule has 0 saturated heterocycles. The minimum Gasteiger partial charge on any atom is -0.464 e. The molecule has 0 aromatic carbocycles. The molecule has 0 amide bonds. The molecule has 1 aromatic rings. The van der Waals surface area contributed by atoms with E-state index in [1.807, 2.05) is 25.9 Å². The zero-order chi connectivity index (χ0) is 15.3. The first-order valence-electron chi connectivity index (χ1n) is 6.77. The van der Waals surface area contributed by atoms with E-state index in [4.69, 9.17) is 10.2 Å². The van der Waals surface area contributed by atoms with Crippen LogP contribution in [0.1, 0.15) is 24.9 Å². The Kier molecular flexibility index (Phi) is 6.19. The van der Waals surface area contributed by atoms with Crippen molar-refractivity contribution >= 4 is 10.0 Å². The molecule has 0 spiro atoms. The number of furan rings is 1. The Labute approximate surface area is 121 Å². The zero-order valence-corrected chi connectivity index (χ0v) is 13.5. The Bertz CT molecular complexity index is 523. The smallest absolute Gasteiger partial charge is 0.246 e. The second-order valence-electron chi connectivity index (χ2n) is 4.99. The quantitative estimate of drug-likeness (QED) is 0.775. The second-order valence-corrected chi connectivity index (χ2v) is 6.90. The van der Waals surface area contributed by atoms with Crippen molar-refractivity contribution in [2.45, 2.75) is 31.7 Å². The van der Waals surface area contributed by atoms with E-state index in [2.05, 4.69) is 0 Å². The number of hydrogen-bond donors (Lipinski definition) is 1. The van der Waals surface area contributed by atoms with Gasteiger partial charge in [0.15, 0.2) is 0 Å². The van der Waals surface area contributed by atoms with Gasteiger partial charge in [0.25, 0.3) is 0 Å². The van der Waals surface area contributed by atoms with Crippen molar-refractivity contribution in [3.8, 4) is 0 Å². The molecule has 0 fully saturated rings. The van der Waals surface area contributed by atoms with Crippen molar-refractivity contribution < 1.29 is 12.8 Å². The molecule has 1 heterocycles. The van der Waals surface area contributed by atoms with Gasteiger partial charge >= 0.3 is 0 Å². The van der Waals surface area contributed by atoms with Crippen LogP contribution in [0.2, 0.25) is 0 Å². The molecule has 0 bridgehead atoms. The third-order valence-electron chi connectivity index (χ3n) is 3.11. The number of nitrogens with zero attached hydrogens (tertiary/aromatic N) is 2. The molecule has 6 nitrogen and oxygen atoms in total. The van der Waals surface area contributed by atoms with Gasteiger partial charge in [-0.2, -0.15) is 4.31 Å². The molecule has 0 unspecified atom stereocenters. The highest BCUT2D eigenvalue weighted by Gasteiger charge is 2.27. The summed E-state index contributed by atoms with van der Waals surface area (Å²) in [6, 6.07) is 1.53. The van der Waals surface area contributed by atoms with Crippen LogP contribution in [-0.4, -0.2) is 51.4 Å². The molecule has 20 heavy (non-hydrogen) atoms. The Hall–Kier alpha value is -0.890. The maximum Gasteiger partial charge on any atom is 0.246 e. The Morgan fingerprint density at radius 1 is 1.30 bits per heavy atom. The number of rotatable bonds is 8. The topological polar surface area (TPSA) is 79.8 Å². The Balaban J connectivity index is 2.90. The Morgan fingerprint density at radius 3 is 2.40 bits per heavy atom. The van der Waals surface area contributed by atoms with Gasteiger partial charge in [-0.3, -0.25) is 0 Å². The highest BCUT2D eigenvalue weighted by molar-refractivity contribution is 7.89. The highest BCUT2D eigenvalue weighted by Crippen LogP contribution is 2.23. The normalized spacial score (nSPS) is 12.6. The minimum atomic E-state index is -3.50. The van der Waals surface area contributed by atoms with Crippen LogP contribution in [0.25, 0.3) is 0 Å². The molecule has 0 aliphatic carbocycles. The van der Waals surface area contributed by atoms with Crippen molar-refractivity contribution in [1.29, 1.82) is 0 Å². The lowest BCUT2D eigenvalue weighted by molar-refractivity contribution is 0.355. The van der Waals surface area contributed by atoms with E-state index in [-0.39, 0.29) is 11.4 Å². The van der Waals surface area contributed by atoms with Crippen molar-refractivity contribution in [3.63, 3.8) is 0 Å². The standard InChI is InChI=1S/C13H25N3O3S/c1-5-16(8-6-7-15(3)4)20(17,18)13-9-12(10-14)19-11(13)2/h9H,5-8,10,14H2,1-4H3. The first kappa shape index (κ1) is 17.2. The van der Waals surface area contributed by atoms with E-state index < -0.39 is 10.0 Å². The van der Waals surface area contributed by atoms with Gasteiger partial charge in [0.2, 0.25) is 10.0 Å². The summed E-state index contributed by atoms with van der Waals surface area (Å²) in [5.41, 5.74) is 5.49. The molecule has 0 saturated carbocycles. The molecule has 0 atom stereocenters. The summed E-state index contributed by atoms with van der Waals surface area (Å²) in [6.45, 7) is 5.48. The zero-order valence-electron chi connectivity index (χ0n) is 12.7. The van der Waals surface area contributed by atoms with E-state index in [0.29, 0.717) is 24.6 Å². The first-order valence-corrected chi connectivity index (χ1v) is 8.21. The maximum atomic E-state index is 12.6. The third-order valence-corrected chi connectivity index (χ3v) is 5.19. The van der Waals surface area contributed by atoms with E-state index in [1.54, 1.807) is 6.92 Å². The summed E-state index contributed by atoms with van der Waals surface area (Å²) in [4.78, 5) is 2.26. The van der Waals surface area contributed by atoms with Crippen LogP contribution in [0.15, 0.2) is 15.4 Å². The van der Waals surface area contributed by atoms with Crippen molar-refractivity contribution in [1.82, 2.24) is 9.21 Å². The van der Waals surface area contributed by atoms with Gasteiger partial charge in [0.05, 0.1) is 6.54 Å². The molecular weight excluding hydrogens is 278 g/mol. The van der Waals surface area contributed by atoms with E-state index in [1.165, 1.54) is 10.4 Å². The van der Waals surface area contributed by atoms with Crippen molar-refractivity contribution in [2.24, 2.45) is 5.73 Å². The van der Waals surface area contributed by atoms with Crippen LogP contribution < -0.4 is 5.73 Å². The average molecular weight is 303 g/mol. The number of aryl methyl sites for hydroxylation is 1. The van der Waals surface area contributed by atoms with Gasteiger partial charge in [0, 0.05) is 19.2 Å². The molecule has 7 heteroatoms. The summed E-state index contributed by atoms with van der Waals surface area (Å²) < 4.78 is 32.0. The monoisotopic (exact) mass is 303 g/mol. The van der Waals surface area contributed by atoms with Crippen molar-refractivity contribution in [2.75, 3.05) is 33.7 Å². The van der Waals surface area contributed by atoms with E-state index in [9.17, 15) is 8.42 Å². The van der Waals surface area contributed by atoms with Gasteiger partial charge in [-0.05, 0) is 34.0 Å². The van der Waals surface area contributed by atoms with Crippen LogP contribution in [0.5, 0.6) is 0 Å². The van der Waals surface area contributed by atoms with Gasteiger partial charge < -0.3 is 15.1 Å². The average Bonchev–Trinajstić information content (AvgIpc) is 2.76. The van der Waals surface area contributed by atoms with Crippen LogP contribution in [0.4, 0.5) is 0 Å². The summed E-state index contributed by atoms with van der Waals surface area (Å²) in [7, 11) is 0.438. The second kappa shape index (κ2) is 7.21. The van der Waals surface area contributed by atoms with Gasteiger partial charge in [0.1, 0.15) is 16.4 Å². The lowest BCUT2D eigenvalue weighted by Gasteiger charge is -2.21. The van der Waals surface area contributed by atoms with Crippen LogP contribution in [0, 0.1) is 6.92 Å².